The third-order valence-electron chi connectivity index (χ3n) is 3.00. The highest BCUT2D eigenvalue weighted by Gasteiger charge is 2.22. The molecule has 2 heterocycles. The highest BCUT2D eigenvalue weighted by Crippen LogP contribution is 2.27. The lowest BCUT2D eigenvalue weighted by Gasteiger charge is -2.16. The van der Waals surface area contributed by atoms with Gasteiger partial charge in [0, 0.05) is 6.54 Å². The molecule has 0 saturated heterocycles. The molecule has 19 heavy (non-hydrogen) atoms. The summed E-state index contributed by atoms with van der Waals surface area (Å²) in [4.78, 5) is 1.17. The number of aryl methyl sites for hydroxylation is 2. The van der Waals surface area contributed by atoms with Crippen LogP contribution in [0, 0.1) is 0 Å². The van der Waals surface area contributed by atoms with Crippen LogP contribution in [0.2, 0.25) is 0 Å². The molecule has 1 atom stereocenters. The van der Waals surface area contributed by atoms with Gasteiger partial charge in [-0.2, -0.15) is 0 Å². The molecule has 104 valence electrons. The van der Waals surface area contributed by atoms with E-state index < -0.39 is 0 Å². The number of rotatable bonds is 7. The Bertz CT molecular complexity index is 462. The summed E-state index contributed by atoms with van der Waals surface area (Å²) in [5.41, 5.74) is 2.16. The lowest BCUT2D eigenvalue weighted by atomic mass is 10.1. The molecule has 0 aliphatic carbocycles. The summed E-state index contributed by atoms with van der Waals surface area (Å²) in [5.74, 6) is 0. The van der Waals surface area contributed by atoms with E-state index in [9.17, 15) is 0 Å². The lowest BCUT2D eigenvalue weighted by Crippen LogP contribution is -2.22. The van der Waals surface area contributed by atoms with Gasteiger partial charge in [0.1, 0.15) is 0 Å². The average Bonchev–Trinajstić information content (AvgIpc) is 3.03. The van der Waals surface area contributed by atoms with Crippen molar-refractivity contribution < 1.29 is 0 Å². The molecule has 6 nitrogen and oxygen atoms in total. The minimum absolute atomic E-state index is 0.0723. The van der Waals surface area contributed by atoms with Crippen molar-refractivity contribution in [2.75, 3.05) is 7.05 Å². The van der Waals surface area contributed by atoms with Crippen molar-refractivity contribution in [2.24, 2.45) is 0 Å². The molecule has 7 heteroatoms. The monoisotopic (exact) mass is 280 g/mol. The van der Waals surface area contributed by atoms with Gasteiger partial charge in [0.2, 0.25) is 0 Å². The summed E-state index contributed by atoms with van der Waals surface area (Å²) in [6.07, 6.45) is 4.89. The van der Waals surface area contributed by atoms with E-state index in [1.807, 2.05) is 17.9 Å². The van der Waals surface area contributed by atoms with E-state index >= 15 is 0 Å². The zero-order valence-corrected chi connectivity index (χ0v) is 12.4. The van der Waals surface area contributed by atoms with Crippen LogP contribution < -0.4 is 5.32 Å². The molecule has 2 aromatic heterocycles. The maximum Gasteiger partial charge on any atom is 0.0891 e. The molecule has 0 fully saturated rings. The predicted molar refractivity (Wildman–Crippen MR) is 75.1 cm³/mol. The van der Waals surface area contributed by atoms with Gasteiger partial charge in [-0.15, -0.1) is 10.2 Å². The maximum absolute atomic E-state index is 4.24. The van der Waals surface area contributed by atoms with Crippen LogP contribution in [0.25, 0.3) is 0 Å². The molecule has 0 aromatic carbocycles. The van der Waals surface area contributed by atoms with E-state index in [1.165, 1.54) is 16.4 Å². The van der Waals surface area contributed by atoms with Crippen LogP contribution in [0.15, 0.2) is 6.20 Å². The first-order chi connectivity index (χ1) is 9.31. The first-order valence-corrected chi connectivity index (χ1v) is 7.45. The average molecular weight is 280 g/mol. The minimum Gasteiger partial charge on any atom is -0.307 e. The van der Waals surface area contributed by atoms with Crippen molar-refractivity contribution in [3.63, 3.8) is 0 Å². The molecule has 0 bridgehead atoms. The van der Waals surface area contributed by atoms with Crippen molar-refractivity contribution in [3.8, 4) is 0 Å². The molecule has 0 amide bonds. The quantitative estimate of drug-likeness (QED) is 0.837. The van der Waals surface area contributed by atoms with E-state index in [0.29, 0.717) is 0 Å². The molecule has 0 radical (unpaired) electrons. The zero-order valence-electron chi connectivity index (χ0n) is 11.6. The molecule has 2 rings (SSSR count). The lowest BCUT2D eigenvalue weighted by molar-refractivity contribution is 0.524. The maximum atomic E-state index is 4.24. The van der Waals surface area contributed by atoms with E-state index in [4.69, 9.17) is 0 Å². The predicted octanol–water partition coefficient (Wildman–Crippen LogP) is 1.80. The van der Waals surface area contributed by atoms with Crippen molar-refractivity contribution in [3.05, 3.63) is 22.5 Å². The van der Waals surface area contributed by atoms with Gasteiger partial charge in [-0.3, -0.25) is 0 Å². The Kier molecular flexibility index (Phi) is 4.98. The molecule has 1 unspecified atom stereocenters. The van der Waals surface area contributed by atoms with E-state index in [1.54, 1.807) is 0 Å². The second-order valence-corrected chi connectivity index (χ2v) is 5.22. The molecule has 1 N–H and O–H groups in total. The smallest absolute Gasteiger partial charge is 0.0891 e. The fraction of sp³-hybridized carbons (Fsp3) is 0.667. The molecule has 2 aromatic rings. The Hall–Kier alpha value is -1.34. The number of nitrogens with zero attached hydrogens (tertiary/aromatic N) is 5. The highest BCUT2D eigenvalue weighted by atomic mass is 32.1. The molecule has 0 aliphatic rings. The van der Waals surface area contributed by atoms with Gasteiger partial charge in [-0.1, -0.05) is 30.0 Å². The largest absolute Gasteiger partial charge is 0.307 e. The van der Waals surface area contributed by atoms with Crippen molar-refractivity contribution in [1.29, 1.82) is 0 Å². The normalized spacial score (nSPS) is 12.8. The fourth-order valence-electron chi connectivity index (χ4n) is 2.13. The van der Waals surface area contributed by atoms with E-state index in [2.05, 4.69) is 39.1 Å². The van der Waals surface area contributed by atoms with Crippen LogP contribution in [0.4, 0.5) is 0 Å². The van der Waals surface area contributed by atoms with Gasteiger partial charge in [0.05, 0.1) is 28.5 Å². The standard InChI is InChI=1S/C12H20N6S/c1-4-6-9-12(19-17-15-9)11(13-3)10-8-14-16-18(10)7-5-2/h8,11,13H,4-7H2,1-3H3. The summed E-state index contributed by atoms with van der Waals surface area (Å²) in [6.45, 7) is 5.17. The third kappa shape index (κ3) is 2.98. The second kappa shape index (κ2) is 6.72. The fourth-order valence-corrected chi connectivity index (χ4v) is 2.95. The summed E-state index contributed by atoms with van der Waals surface area (Å²) in [5, 5.41) is 15.8. The highest BCUT2D eigenvalue weighted by molar-refractivity contribution is 7.05. The van der Waals surface area contributed by atoms with Crippen molar-refractivity contribution >= 4 is 11.5 Å². The molecule has 0 spiro atoms. The van der Waals surface area contributed by atoms with Gasteiger partial charge in [-0.05, 0) is 31.4 Å². The topological polar surface area (TPSA) is 68.5 Å². The van der Waals surface area contributed by atoms with Crippen LogP contribution in [-0.4, -0.2) is 31.6 Å². The van der Waals surface area contributed by atoms with Crippen LogP contribution >= 0.6 is 11.5 Å². The van der Waals surface area contributed by atoms with Crippen LogP contribution in [0.1, 0.15) is 49.0 Å². The molecule has 0 aliphatic heterocycles. The van der Waals surface area contributed by atoms with E-state index in [-0.39, 0.29) is 6.04 Å². The number of hydrogen-bond donors (Lipinski definition) is 1. The van der Waals surface area contributed by atoms with Crippen molar-refractivity contribution in [2.45, 2.75) is 45.7 Å². The number of nitrogens with one attached hydrogen (secondary N) is 1. The Labute approximate surface area is 117 Å². The first kappa shape index (κ1) is 14.1. The third-order valence-corrected chi connectivity index (χ3v) is 3.83. The second-order valence-electron chi connectivity index (χ2n) is 4.44. The van der Waals surface area contributed by atoms with Gasteiger partial charge in [0.15, 0.2) is 0 Å². The molecular weight excluding hydrogens is 260 g/mol. The summed E-state index contributed by atoms with van der Waals surface area (Å²) >= 11 is 1.45. The van der Waals surface area contributed by atoms with Crippen LogP contribution in [0.5, 0.6) is 0 Å². The van der Waals surface area contributed by atoms with Gasteiger partial charge in [-0.25, -0.2) is 4.68 Å². The van der Waals surface area contributed by atoms with Gasteiger partial charge < -0.3 is 5.32 Å². The Morgan fingerprint density at radius 2 is 2.21 bits per heavy atom. The van der Waals surface area contributed by atoms with Crippen LogP contribution in [0.3, 0.4) is 0 Å². The summed E-state index contributed by atoms with van der Waals surface area (Å²) in [7, 11) is 1.95. The Morgan fingerprint density at radius 1 is 1.37 bits per heavy atom. The van der Waals surface area contributed by atoms with Gasteiger partial charge in [0.25, 0.3) is 0 Å². The zero-order chi connectivity index (χ0) is 13.7. The Morgan fingerprint density at radius 3 is 2.89 bits per heavy atom. The van der Waals surface area contributed by atoms with Gasteiger partial charge >= 0.3 is 0 Å². The van der Waals surface area contributed by atoms with E-state index in [0.717, 1.165) is 37.2 Å². The number of aromatic nitrogens is 5. The summed E-state index contributed by atoms with van der Waals surface area (Å²) in [6, 6.07) is 0.0723. The van der Waals surface area contributed by atoms with Crippen molar-refractivity contribution in [1.82, 2.24) is 29.9 Å². The Balaban J connectivity index is 2.33. The summed E-state index contributed by atoms with van der Waals surface area (Å²) < 4.78 is 6.05. The number of hydrogen-bond acceptors (Lipinski definition) is 6. The first-order valence-electron chi connectivity index (χ1n) is 6.68. The van der Waals surface area contributed by atoms with Crippen LogP contribution in [-0.2, 0) is 13.0 Å². The molecule has 0 saturated carbocycles. The molecular formula is C12H20N6S. The minimum atomic E-state index is 0.0723. The SMILES string of the molecule is CCCc1nnsc1C(NC)c1cnnn1CCC.